The summed E-state index contributed by atoms with van der Waals surface area (Å²) in [5.41, 5.74) is 0. The highest BCUT2D eigenvalue weighted by atomic mass is 35.5. The van der Waals surface area contributed by atoms with E-state index < -0.39 is 11.9 Å². The second kappa shape index (κ2) is 15.4. The maximum Gasteiger partial charge on any atom is 0.329 e. The molecule has 0 aliphatic heterocycles. The molecule has 0 fully saturated rings. The first-order valence-electron chi connectivity index (χ1n) is 4.29. The van der Waals surface area contributed by atoms with Crippen LogP contribution in [0.5, 0.6) is 0 Å². The van der Waals surface area contributed by atoms with E-state index in [4.69, 9.17) is 14.9 Å². The van der Waals surface area contributed by atoms with Crippen molar-refractivity contribution in [3.63, 3.8) is 0 Å². The molecule has 0 atom stereocenters. The van der Waals surface area contributed by atoms with Crippen LogP contribution in [0, 0.1) is 0 Å². The van der Waals surface area contributed by atoms with Gasteiger partial charge in [0, 0.05) is 0 Å². The molecule has 0 aliphatic carbocycles. The van der Waals surface area contributed by atoms with E-state index in [1.54, 1.807) is 0 Å². The van der Waals surface area contributed by atoms with Gasteiger partial charge in [-0.3, -0.25) is 0 Å². The van der Waals surface area contributed by atoms with Gasteiger partial charge in [0.15, 0.2) is 0 Å². The summed E-state index contributed by atoms with van der Waals surface area (Å²) in [6.45, 7) is 0.182. The van der Waals surface area contributed by atoms with Crippen molar-refractivity contribution < 1.29 is 34.0 Å². The first-order chi connectivity index (χ1) is 7.13. The van der Waals surface area contributed by atoms with Crippen molar-refractivity contribution in [1.29, 1.82) is 0 Å². The smallest absolute Gasteiger partial charge is 0.329 e. The summed E-state index contributed by atoms with van der Waals surface area (Å²) in [5, 5.41) is 16.4. The van der Waals surface area contributed by atoms with E-state index in [1.807, 2.05) is 0 Å². The lowest BCUT2D eigenvalue weighted by Crippen LogP contribution is -2.14. The van der Waals surface area contributed by atoms with Crippen LogP contribution in [0.3, 0.4) is 0 Å². The van der Waals surface area contributed by atoms with Crippen molar-refractivity contribution in [3.05, 3.63) is 0 Å². The summed E-state index contributed by atoms with van der Waals surface area (Å²) in [5.74, 6) is -2.06. The summed E-state index contributed by atoms with van der Waals surface area (Å²) in [6, 6.07) is 0. The molecule has 0 saturated carbocycles. The quantitative estimate of drug-likeness (QED) is 0.549. The van der Waals surface area contributed by atoms with Crippen LogP contribution < -0.4 is 0 Å². The fourth-order valence-corrected chi connectivity index (χ4v) is 0.657. The van der Waals surface area contributed by atoms with Gasteiger partial charge in [-0.1, -0.05) is 0 Å². The van der Waals surface area contributed by atoms with Gasteiger partial charge in [-0.15, -0.1) is 24.8 Å². The number of carboxylic acid groups (broad SMARTS) is 2. The number of hydrogen-bond donors (Lipinski definition) is 2. The summed E-state index contributed by atoms with van der Waals surface area (Å²) in [7, 11) is 0. The second-order valence-electron chi connectivity index (χ2n) is 2.51. The number of carbonyl (C=O) groups is 2. The molecule has 0 aromatic heterocycles. The highest BCUT2D eigenvalue weighted by molar-refractivity contribution is 5.85. The predicted octanol–water partition coefficient (Wildman–Crippen LogP) is 0.0490. The van der Waals surface area contributed by atoms with Crippen molar-refractivity contribution in [2.24, 2.45) is 0 Å². The van der Waals surface area contributed by atoms with Crippen LogP contribution >= 0.6 is 24.8 Å². The van der Waals surface area contributed by atoms with Gasteiger partial charge in [-0.05, 0) is 0 Å². The molecule has 104 valence electrons. The van der Waals surface area contributed by atoms with E-state index in [-0.39, 0.29) is 64.5 Å². The molecule has 0 unspecified atom stereocenters. The minimum Gasteiger partial charge on any atom is -0.480 e. The van der Waals surface area contributed by atoms with Crippen molar-refractivity contribution >= 4 is 36.8 Å². The molecule has 7 nitrogen and oxygen atoms in total. The van der Waals surface area contributed by atoms with Gasteiger partial charge in [0.25, 0.3) is 0 Å². The van der Waals surface area contributed by atoms with Crippen molar-refractivity contribution in [2.45, 2.75) is 0 Å². The molecular weight excluding hydrogens is 279 g/mol. The van der Waals surface area contributed by atoms with Crippen LogP contribution in [0.25, 0.3) is 0 Å². The van der Waals surface area contributed by atoms with Gasteiger partial charge in [0.05, 0.1) is 26.4 Å². The zero-order valence-corrected chi connectivity index (χ0v) is 10.6. The predicted molar refractivity (Wildman–Crippen MR) is 62.2 cm³/mol. The van der Waals surface area contributed by atoms with Crippen LogP contribution in [-0.2, 0) is 23.8 Å². The average molecular weight is 295 g/mol. The molecule has 0 heterocycles. The third-order valence-electron chi connectivity index (χ3n) is 1.20. The molecular formula is C8H16Cl2O7. The number of hydrogen-bond acceptors (Lipinski definition) is 5. The molecule has 17 heavy (non-hydrogen) atoms. The molecule has 0 aliphatic rings. The van der Waals surface area contributed by atoms with Gasteiger partial charge in [-0.25, -0.2) is 9.59 Å². The van der Waals surface area contributed by atoms with Crippen LogP contribution in [0.1, 0.15) is 0 Å². The molecule has 0 aromatic rings. The Bertz CT molecular complexity index is 180. The third kappa shape index (κ3) is 21.3. The van der Waals surface area contributed by atoms with Crippen LogP contribution in [0.2, 0.25) is 0 Å². The van der Waals surface area contributed by atoms with Gasteiger partial charge in [-0.2, -0.15) is 0 Å². The largest absolute Gasteiger partial charge is 0.480 e. The van der Waals surface area contributed by atoms with E-state index in [0.29, 0.717) is 0 Å². The molecule has 0 spiro atoms. The molecule has 0 bridgehead atoms. The van der Waals surface area contributed by atoms with Crippen LogP contribution in [0.4, 0.5) is 0 Å². The average Bonchev–Trinajstić information content (AvgIpc) is 2.14. The molecule has 0 radical (unpaired) electrons. The number of carboxylic acids is 2. The van der Waals surface area contributed by atoms with Gasteiger partial charge in [0.2, 0.25) is 0 Å². The zero-order valence-electron chi connectivity index (χ0n) is 8.99. The van der Waals surface area contributed by atoms with Gasteiger partial charge < -0.3 is 24.4 Å². The molecule has 0 amide bonds. The normalized spacial score (nSPS) is 8.94. The maximum atomic E-state index is 10.00. The minimum atomic E-state index is -1.03. The van der Waals surface area contributed by atoms with Crippen LogP contribution in [-0.4, -0.2) is 61.8 Å². The standard InChI is InChI=1S/C8H14O7.2ClH/c9-7(10)5-14-3-1-13-2-4-15-6-8(11)12;;/h1-6H2,(H,9,10)(H,11,12);2*1H. The van der Waals surface area contributed by atoms with Crippen molar-refractivity contribution in [1.82, 2.24) is 0 Å². The third-order valence-corrected chi connectivity index (χ3v) is 1.20. The Kier molecular flexibility index (Phi) is 19.6. The SMILES string of the molecule is Cl.Cl.O=C(O)COCCOCCOCC(=O)O. The summed E-state index contributed by atoms with van der Waals surface area (Å²) in [6.07, 6.45) is 0. The van der Waals surface area contributed by atoms with E-state index in [0.717, 1.165) is 0 Å². The number of ether oxygens (including phenoxy) is 3. The fourth-order valence-electron chi connectivity index (χ4n) is 0.657. The summed E-state index contributed by atoms with van der Waals surface area (Å²) >= 11 is 0. The zero-order chi connectivity index (χ0) is 11.5. The Morgan fingerprint density at radius 2 is 1.00 bits per heavy atom. The Balaban J connectivity index is -0.000000980. The van der Waals surface area contributed by atoms with Gasteiger partial charge >= 0.3 is 11.9 Å². The second-order valence-corrected chi connectivity index (χ2v) is 2.51. The Morgan fingerprint density at radius 3 is 1.29 bits per heavy atom. The number of aliphatic carboxylic acids is 2. The van der Waals surface area contributed by atoms with E-state index in [1.165, 1.54) is 0 Å². The molecule has 0 aromatic carbocycles. The summed E-state index contributed by atoms with van der Waals surface area (Å²) in [4.78, 5) is 20.0. The maximum absolute atomic E-state index is 10.00. The minimum absolute atomic E-state index is 0. The lowest BCUT2D eigenvalue weighted by atomic mass is 10.7. The highest BCUT2D eigenvalue weighted by Gasteiger charge is 1.97. The molecule has 0 saturated heterocycles. The van der Waals surface area contributed by atoms with Gasteiger partial charge in [0.1, 0.15) is 13.2 Å². The topological polar surface area (TPSA) is 102 Å². The molecule has 9 heteroatoms. The lowest BCUT2D eigenvalue weighted by Gasteiger charge is -2.04. The van der Waals surface area contributed by atoms with Crippen molar-refractivity contribution in [3.8, 4) is 0 Å². The van der Waals surface area contributed by atoms with Crippen LogP contribution in [0.15, 0.2) is 0 Å². The number of halogens is 2. The lowest BCUT2D eigenvalue weighted by molar-refractivity contribution is -0.142. The Hall–Kier alpha value is -0.600. The van der Waals surface area contributed by atoms with E-state index >= 15 is 0 Å². The Morgan fingerprint density at radius 1 is 0.706 bits per heavy atom. The summed E-state index contributed by atoms with van der Waals surface area (Å²) < 4.78 is 14.3. The monoisotopic (exact) mass is 294 g/mol. The highest BCUT2D eigenvalue weighted by Crippen LogP contribution is 1.81. The van der Waals surface area contributed by atoms with Crippen molar-refractivity contribution in [2.75, 3.05) is 39.6 Å². The molecule has 2 N–H and O–H groups in total. The first kappa shape index (κ1) is 21.7. The fraction of sp³-hybridized carbons (Fsp3) is 0.750. The van der Waals surface area contributed by atoms with E-state index in [2.05, 4.69) is 9.47 Å². The Labute approximate surface area is 111 Å². The first-order valence-corrected chi connectivity index (χ1v) is 4.29. The number of rotatable bonds is 10. The van der Waals surface area contributed by atoms with E-state index in [9.17, 15) is 9.59 Å². The molecule has 0 rings (SSSR count).